The van der Waals surface area contributed by atoms with Crippen molar-refractivity contribution < 1.29 is 14.1 Å². The van der Waals surface area contributed by atoms with E-state index in [-0.39, 0.29) is 12.0 Å². The maximum atomic E-state index is 12.8. The average molecular weight is 361 g/mol. The predicted molar refractivity (Wildman–Crippen MR) is 94.1 cm³/mol. The first-order chi connectivity index (χ1) is 12.2. The molecule has 4 rings (SSSR count). The smallest absolute Gasteiger partial charge is 0.259 e. The van der Waals surface area contributed by atoms with E-state index in [1.54, 1.807) is 6.20 Å². The number of aromatic nitrogens is 1. The molecule has 2 fully saturated rings. The molecule has 5 nitrogen and oxygen atoms in total. The van der Waals surface area contributed by atoms with Gasteiger partial charge >= 0.3 is 0 Å². The van der Waals surface area contributed by atoms with Crippen molar-refractivity contribution in [1.29, 1.82) is 0 Å². The van der Waals surface area contributed by atoms with E-state index in [1.807, 2.05) is 29.2 Å². The van der Waals surface area contributed by atoms with Crippen LogP contribution in [0.4, 0.5) is 0 Å². The normalized spacial score (nSPS) is 18.8. The van der Waals surface area contributed by atoms with Gasteiger partial charge in [0.05, 0.1) is 6.20 Å². The van der Waals surface area contributed by atoms with Crippen LogP contribution in [0, 0.1) is 0 Å². The average Bonchev–Trinajstić information content (AvgIpc) is 3.04. The van der Waals surface area contributed by atoms with Crippen LogP contribution in [-0.2, 0) is 0 Å². The summed E-state index contributed by atoms with van der Waals surface area (Å²) in [6.07, 6.45) is 6.72. The number of halogens is 1. The van der Waals surface area contributed by atoms with E-state index in [0.29, 0.717) is 29.6 Å². The highest BCUT2D eigenvalue weighted by molar-refractivity contribution is 6.30. The Morgan fingerprint density at radius 3 is 2.52 bits per heavy atom. The Kier molecular flexibility index (Phi) is 4.66. The predicted octanol–water partition coefficient (Wildman–Crippen LogP) is 4.28. The third-order valence-electron chi connectivity index (χ3n) is 5.15. The van der Waals surface area contributed by atoms with E-state index in [1.165, 1.54) is 6.42 Å². The third kappa shape index (κ3) is 3.52. The Balaban J connectivity index is 1.34. The van der Waals surface area contributed by atoms with Crippen molar-refractivity contribution >= 4 is 17.5 Å². The molecule has 6 heteroatoms. The summed E-state index contributed by atoms with van der Waals surface area (Å²) >= 11 is 5.89. The molecule has 2 aromatic rings. The summed E-state index contributed by atoms with van der Waals surface area (Å²) < 4.78 is 11.3. The lowest BCUT2D eigenvalue weighted by molar-refractivity contribution is 0.0592. The number of piperidine rings is 1. The monoisotopic (exact) mass is 360 g/mol. The Labute approximate surface area is 151 Å². The third-order valence-corrected chi connectivity index (χ3v) is 5.40. The van der Waals surface area contributed by atoms with Gasteiger partial charge in [-0.05, 0) is 37.1 Å². The van der Waals surface area contributed by atoms with Gasteiger partial charge in [0.1, 0.15) is 17.4 Å². The van der Waals surface area contributed by atoms with Crippen LogP contribution in [0.5, 0.6) is 5.75 Å². The molecule has 0 spiro atoms. The van der Waals surface area contributed by atoms with Crippen LogP contribution < -0.4 is 4.74 Å². The number of hydrogen-bond donors (Lipinski definition) is 0. The van der Waals surface area contributed by atoms with Crippen molar-refractivity contribution in [2.75, 3.05) is 13.1 Å². The van der Waals surface area contributed by atoms with Crippen LogP contribution in [-0.4, -0.2) is 35.2 Å². The number of carbonyl (C=O) groups is 1. The highest BCUT2D eigenvalue weighted by atomic mass is 35.5. The summed E-state index contributed by atoms with van der Waals surface area (Å²) in [4.78, 5) is 14.7. The van der Waals surface area contributed by atoms with Gasteiger partial charge in [-0.15, -0.1) is 0 Å². The molecule has 0 N–H and O–H groups in total. The second kappa shape index (κ2) is 7.08. The molecule has 0 radical (unpaired) electrons. The largest absolute Gasteiger partial charge is 0.490 e. The molecule has 0 unspecified atom stereocenters. The van der Waals surface area contributed by atoms with Crippen LogP contribution >= 0.6 is 11.6 Å². The van der Waals surface area contributed by atoms with Crippen LogP contribution in [0.25, 0.3) is 0 Å². The molecule has 1 aliphatic carbocycles. The fourth-order valence-electron chi connectivity index (χ4n) is 3.43. The van der Waals surface area contributed by atoms with Gasteiger partial charge < -0.3 is 14.2 Å². The molecule has 1 aliphatic heterocycles. The molecule has 1 saturated heterocycles. The zero-order valence-corrected chi connectivity index (χ0v) is 14.7. The van der Waals surface area contributed by atoms with E-state index >= 15 is 0 Å². The zero-order chi connectivity index (χ0) is 17.2. The molecule has 2 heterocycles. The van der Waals surface area contributed by atoms with Gasteiger partial charge in [0.25, 0.3) is 5.91 Å². The van der Waals surface area contributed by atoms with E-state index in [9.17, 15) is 4.79 Å². The first kappa shape index (κ1) is 16.5. The van der Waals surface area contributed by atoms with Gasteiger partial charge in [0.15, 0.2) is 5.76 Å². The van der Waals surface area contributed by atoms with Crippen LogP contribution in [0.3, 0.4) is 0 Å². The molecule has 0 bridgehead atoms. The Morgan fingerprint density at radius 2 is 1.88 bits per heavy atom. The topological polar surface area (TPSA) is 55.6 Å². The number of nitrogens with zero attached hydrogens (tertiary/aromatic N) is 2. The van der Waals surface area contributed by atoms with Crippen molar-refractivity contribution in [2.24, 2.45) is 0 Å². The molecular formula is C19H21ClN2O3. The standard InChI is InChI=1S/C19H21ClN2O3/c20-14-4-6-15(7-5-14)24-16-8-10-22(11-9-16)19(23)17-12-21-25-18(17)13-2-1-3-13/h4-7,12-13,16H,1-3,8-11H2. The van der Waals surface area contributed by atoms with Crippen molar-refractivity contribution in [2.45, 2.75) is 44.1 Å². The molecule has 1 aromatic heterocycles. The number of ether oxygens (including phenoxy) is 1. The van der Waals surface area contributed by atoms with Crippen molar-refractivity contribution in [3.63, 3.8) is 0 Å². The second-order valence-electron chi connectivity index (χ2n) is 6.79. The Hall–Kier alpha value is -2.01. The van der Waals surface area contributed by atoms with Crippen molar-refractivity contribution in [3.8, 4) is 5.75 Å². The second-order valence-corrected chi connectivity index (χ2v) is 7.23. The summed E-state index contributed by atoms with van der Waals surface area (Å²) in [7, 11) is 0. The molecule has 1 saturated carbocycles. The maximum absolute atomic E-state index is 12.8. The molecule has 2 aliphatic rings. The fraction of sp³-hybridized carbons (Fsp3) is 0.474. The van der Waals surface area contributed by atoms with Crippen LogP contribution in [0.15, 0.2) is 35.0 Å². The lowest BCUT2D eigenvalue weighted by atomic mass is 9.82. The first-order valence-corrected chi connectivity index (χ1v) is 9.24. The van der Waals surface area contributed by atoms with E-state index in [0.717, 1.165) is 37.2 Å². The molecule has 25 heavy (non-hydrogen) atoms. The van der Waals surface area contributed by atoms with Gasteiger partial charge in [0, 0.05) is 36.9 Å². The number of carbonyl (C=O) groups excluding carboxylic acids is 1. The summed E-state index contributed by atoms with van der Waals surface area (Å²) in [5.74, 6) is 2.00. The van der Waals surface area contributed by atoms with Crippen LogP contribution in [0.2, 0.25) is 5.02 Å². The van der Waals surface area contributed by atoms with Gasteiger partial charge in [-0.25, -0.2) is 0 Å². The number of likely N-dealkylation sites (tertiary alicyclic amines) is 1. The van der Waals surface area contributed by atoms with Gasteiger partial charge in [-0.1, -0.05) is 23.2 Å². The number of rotatable bonds is 4. The zero-order valence-electron chi connectivity index (χ0n) is 14.0. The van der Waals surface area contributed by atoms with E-state index in [2.05, 4.69) is 5.16 Å². The summed E-state index contributed by atoms with van der Waals surface area (Å²) in [5.41, 5.74) is 0.641. The van der Waals surface area contributed by atoms with Crippen molar-refractivity contribution in [3.05, 3.63) is 46.8 Å². The number of benzene rings is 1. The molecule has 1 amide bonds. The molecule has 0 atom stereocenters. The molecule has 132 valence electrons. The lowest BCUT2D eigenvalue weighted by Gasteiger charge is -2.32. The summed E-state index contributed by atoms with van der Waals surface area (Å²) in [6, 6.07) is 7.40. The molecule has 1 aromatic carbocycles. The Bertz CT molecular complexity index is 731. The fourth-order valence-corrected chi connectivity index (χ4v) is 3.55. The summed E-state index contributed by atoms with van der Waals surface area (Å²) in [6.45, 7) is 1.37. The quantitative estimate of drug-likeness (QED) is 0.816. The van der Waals surface area contributed by atoms with Gasteiger partial charge in [-0.3, -0.25) is 4.79 Å². The minimum absolute atomic E-state index is 0.0353. The van der Waals surface area contributed by atoms with Crippen LogP contribution in [0.1, 0.15) is 54.1 Å². The highest BCUT2D eigenvalue weighted by Crippen LogP contribution is 2.38. The molecular weight excluding hydrogens is 340 g/mol. The van der Waals surface area contributed by atoms with Crippen molar-refractivity contribution in [1.82, 2.24) is 10.1 Å². The minimum Gasteiger partial charge on any atom is -0.490 e. The SMILES string of the molecule is O=C(c1cnoc1C1CCC1)N1CCC(Oc2ccc(Cl)cc2)CC1. The van der Waals surface area contributed by atoms with E-state index in [4.69, 9.17) is 20.9 Å². The Morgan fingerprint density at radius 1 is 1.16 bits per heavy atom. The first-order valence-electron chi connectivity index (χ1n) is 8.87. The van der Waals surface area contributed by atoms with E-state index < -0.39 is 0 Å². The number of amides is 1. The maximum Gasteiger partial charge on any atom is 0.259 e. The van der Waals surface area contributed by atoms with Gasteiger partial charge in [0.2, 0.25) is 0 Å². The van der Waals surface area contributed by atoms with Gasteiger partial charge in [-0.2, -0.15) is 0 Å². The minimum atomic E-state index is 0.0353. The summed E-state index contributed by atoms with van der Waals surface area (Å²) in [5, 5.41) is 4.56. The lowest BCUT2D eigenvalue weighted by Crippen LogP contribution is -2.42. The highest BCUT2D eigenvalue weighted by Gasteiger charge is 2.32. The number of hydrogen-bond acceptors (Lipinski definition) is 4.